The van der Waals surface area contributed by atoms with E-state index in [0.717, 1.165) is 28.4 Å². The van der Waals surface area contributed by atoms with Gasteiger partial charge in [-0.1, -0.05) is 47.5 Å². The first-order valence-corrected chi connectivity index (χ1v) is 11.5. The summed E-state index contributed by atoms with van der Waals surface area (Å²) in [5, 5.41) is 21.3. The highest BCUT2D eigenvalue weighted by molar-refractivity contribution is 9.10. The lowest BCUT2D eigenvalue weighted by Crippen LogP contribution is -2.17. The van der Waals surface area contributed by atoms with Crippen molar-refractivity contribution >= 4 is 44.5 Å². The number of unbranched alkanes of at least 4 members (excludes halogenated alkanes) is 1. The van der Waals surface area contributed by atoms with E-state index in [-0.39, 0.29) is 11.4 Å². The molecule has 0 radical (unpaired) electrons. The SMILES string of the molecule is CCCCn1c(-c2cc3ccccc3oc2=O)cs/c1=N\N=C\c1cc(Br)ccc1O. The molecule has 0 fully saturated rings. The molecule has 0 aliphatic carbocycles. The van der Waals surface area contributed by atoms with Crippen LogP contribution in [0.2, 0.25) is 0 Å². The summed E-state index contributed by atoms with van der Waals surface area (Å²) < 4.78 is 8.35. The molecule has 0 amide bonds. The summed E-state index contributed by atoms with van der Waals surface area (Å²) in [5.41, 5.74) is 2.01. The number of phenols is 1. The number of fused-ring (bicyclic) bond motifs is 1. The molecule has 2 heterocycles. The van der Waals surface area contributed by atoms with Crippen LogP contribution in [0, 0.1) is 0 Å². The fraction of sp³-hybridized carbons (Fsp3) is 0.174. The zero-order chi connectivity index (χ0) is 21.8. The molecule has 1 N–H and O–H groups in total. The number of hydrogen-bond donors (Lipinski definition) is 1. The lowest BCUT2D eigenvalue weighted by Gasteiger charge is -2.08. The molecule has 2 aromatic heterocycles. The molecule has 2 aromatic carbocycles. The third kappa shape index (κ3) is 4.70. The molecular formula is C23H20BrN3O3S. The van der Waals surface area contributed by atoms with Crippen LogP contribution in [0.15, 0.2) is 77.8 Å². The topological polar surface area (TPSA) is 80.1 Å². The van der Waals surface area contributed by atoms with Crippen molar-refractivity contribution in [2.75, 3.05) is 0 Å². The summed E-state index contributed by atoms with van der Waals surface area (Å²) in [6.07, 6.45) is 3.45. The molecule has 0 atom stereocenters. The van der Waals surface area contributed by atoms with E-state index >= 15 is 0 Å². The fourth-order valence-electron chi connectivity index (χ4n) is 3.17. The number of hydrogen-bond acceptors (Lipinski definition) is 6. The first-order valence-electron chi connectivity index (χ1n) is 9.84. The maximum atomic E-state index is 12.7. The van der Waals surface area contributed by atoms with Crippen LogP contribution in [0.4, 0.5) is 0 Å². The summed E-state index contributed by atoms with van der Waals surface area (Å²) in [5.74, 6) is 0.127. The number of para-hydroxylation sites is 1. The number of halogens is 1. The highest BCUT2D eigenvalue weighted by Crippen LogP contribution is 2.22. The van der Waals surface area contributed by atoms with Crippen LogP contribution in [0.25, 0.3) is 22.2 Å². The second-order valence-corrected chi connectivity index (χ2v) is 8.69. The Bertz CT molecular complexity index is 1380. The molecule has 31 heavy (non-hydrogen) atoms. The minimum Gasteiger partial charge on any atom is -0.507 e. The number of nitrogens with zero attached hydrogens (tertiary/aromatic N) is 3. The fourth-order valence-corrected chi connectivity index (χ4v) is 4.43. The Morgan fingerprint density at radius 3 is 2.90 bits per heavy atom. The van der Waals surface area contributed by atoms with Gasteiger partial charge in [-0.3, -0.25) is 0 Å². The predicted octanol–water partition coefficient (Wildman–Crippen LogP) is 5.53. The highest BCUT2D eigenvalue weighted by atomic mass is 79.9. The second-order valence-electron chi connectivity index (χ2n) is 6.94. The van der Waals surface area contributed by atoms with E-state index < -0.39 is 0 Å². The normalized spacial score (nSPS) is 12.3. The molecule has 0 aliphatic heterocycles. The molecule has 0 unspecified atom stereocenters. The van der Waals surface area contributed by atoms with Crippen LogP contribution >= 0.6 is 27.3 Å². The third-order valence-corrected chi connectivity index (χ3v) is 6.13. The molecule has 8 heteroatoms. The molecule has 0 aliphatic rings. The average Bonchev–Trinajstić information content (AvgIpc) is 3.16. The lowest BCUT2D eigenvalue weighted by atomic mass is 10.1. The average molecular weight is 498 g/mol. The highest BCUT2D eigenvalue weighted by Gasteiger charge is 2.14. The smallest absolute Gasteiger partial charge is 0.345 e. The van der Waals surface area contributed by atoms with Crippen LogP contribution in [0.3, 0.4) is 0 Å². The van der Waals surface area contributed by atoms with Crippen LogP contribution in [0.5, 0.6) is 5.75 Å². The Kier molecular flexibility index (Phi) is 6.48. The first kappa shape index (κ1) is 21.3. The van der Waals surface area contributed by atoms with Crippen molar-refractivity contribution in [2.24, 2.45) is 10.2 Å². The van der Waals surface area contributed by atoms with E-state index in [1.165, 1.54) is 17.6 Å². The van der Waals surface area contributed by atoms with E-state index in [4.69, 9.17) is 4.42 Å². The van der Waals surface area contributed by atoms with Gasteiger partial charge in [0.15, 0.2) is 0 Å². The van der Waals surface area contributed by atoms with Gasteiger partial charge in [-0.2, -0.15) is 5.10 Å². The Labute approximate surface area is 191 Å². The molecule has 0 saturated heterocycles. The summed E-state index contributed by atoms with van der Waals surface area (Å²) >= 11 is 4.79. The van der Waals surface area contributed by atoms with E-state index in [1.54, 1.807) is 24.3 Å². The maximum Gasteiger partial charge on any atom is 0.345 e. The van der Waals surface area contributed by atoms with Crippen molar-refractivity contribution < 1.29 is 9.52 Å². The van der Waals surface area contributed by atoms with Crippen LogP contribution in [0.1, 0.15) is 25.3 Å². The Balaban J connectivity index is 1.78. The Morgan fingerprint density at radius 1 is 1.23 bits per heavy atom. The molecule has 0 saturated carbocycles. The van der Waals surface area contributed by atoms with Crippen molar-refractivity contribution in [2.45, 2.75) is 26.3 Å². The van der Waals surface area contributed by atoms with Gasteiger partial charge in [-0.15, -0.1) is 16.4 Å². The zero-order valence-electron chi connectivity index (χ0n) is 16.8. The van der Waals surface area contributed by atoms with Crippen molar-refractivity contribution in [3.05, 3.63) is 79.2 Å². The standard InChI is InChI=1S/C23H20BrN3O3S/c1-2-3-10-27-19(18-12-15-6-4-5-7-21(15)30-22(18)29)14-31-23(27)26-25-13-16-11-17(24)8-9-20(16)28/h4-9,11-14,28H,2-3,10H2,1H3/b25-13+,26-23-. The molecule has 158 valence electrons. The number of phenolic OH excluding ortho intramolecular Hbond substituents is 1. The van der Waals surface area contributed by atoms with E-state index in [9.17, 15) is 9.90 Å². The first-order chi connectivity index (χ1) is 15.1. The van der Waals surface area contributed by atoms with Gasteiger partial charge in [0.25, 0.3) is 0 Å². The van der Waals surface area contributed by atoms with Crippen molar-refractivity contribution in [3.63, 3.8) is 0 Å². The minimum atomic E-state index is -0.379. The van der Waals surface area contributed by atoms with Crippen LogP contribution < -0.4 is 10.4 Å². The largest absolute Gasteiger partial charge is 0.507 e. The van der Waals surface area contributed by atoms with Gasteiger partial charge >= 0.3 is 5.63 Å². The van der Waals surface area contributed by atoms with Gasteiger partial charge < -0.3 is 14.1 Å². The molecule has 4 rings (SSSR count). The Morgan fingerprint density at radius 2 is 2.06 bits per heavy atom. The molecule has 0 spiro atoms. The number of aromatic nitrogens is 1. The van der Waals surface area contributed by atoms with Gasteiger partial charge in [-0.25, -0.2) is 4.79 Å². The van der Waals surface area contributed by atoms with E-state index in [1.807, 2.05) is 34.2 Å². The number of aromatic hydroxyl groups is 1. The maximum absolute atomic E-state index is 12.7. The summed E-state index contributed by atoms with van der Waals surface area (Å²) in [7, 11) is 0. The molecule has 4 aromatic rings. The molecule has 0 bridgehead atoms. The summed E-state index contributed by atoms with van der Waals surface area (Å²) in [4.78, 5) is 13.3. The summed E-state index contributed by atoms with van der Waals surface area (Å²) in [6.45, 7) is 2.82. The minimum absolute atomic E-state index is 0.127. The van der Waals surface area contributed by atoms with Crippen LogP contribution in [-0.2, 0) is 6.54 Å². The van der Waals surface area contributed by atoms with Crippen LogP contribution in [-0.4, -0.2) is 15.9 Å². The number of rotatable bonds is 6. The predicted molar refractivity (Wildman–Crippen MR) is 128 cm³/mol. The van der Waals surface area contributed by atoms with Gasteiger partial charge in [0.2, 0.25) is 4.80 Å². The third-order valence-electron chi connectivity index (χ3n) is 4.78. The monoisotopic (exact) mass is 497 g/mol. The lowest BCUT2D eigenvalue weighted by molar-refractivity contribution is 0.474. The van der Waals surface area contributed by atoms with Crippen molar-refractivity contribution in [3.8, 4) is 17.0 Å². The number of benzene rings is 2. The van der Waals surface area contributed by atoms with Gasteiger partial charge in [0, 0.05) is 27.3 Å². The molecule has 6 nitrogen and oxygen atoms in total. The van der Waals surface area contributed by atoms with Gasteiger partial charge in [-0.05, 0) is 36.8 Å². The quantitative estimate of drug-likeness (QED) is 0.216. The van der Waals surface area contributed by atoms with E-state index in [2.05, 4.69) is 33.1 Å². The van der Waals surface area contributed by atoms with Gasteiger partial charge in [0.05, 0.1) is 17.5 Å². The summed E-state index contributed by atoms with van der Waals surface area (Å²) in [6, 6.07) is 14.4. The van der Waals surface area contributed by atoms with Crippen molar-refractivity contribution in [1.82, 2.24) is 4.57 Å². The second kappa shape index (κ2) is 9.45. The Hall–Kier alpha value is -2.97. The van der Waals surface area contributed by atoms with Crippen molar-refractivity contribution in [1.29, 1.82) is 0 Å². The number of thiazole rings is 1. The molecular weight excluding hydrogens is 478 g/mol. The van der Waals surface area contributed by atoms with Gasteiger partial charge in [0.1, 0.15) is 11.3 Å². The zero-order valence-corrected chi connectivity index (χ0v) is 19.2. The van der Waals surface area contributed by atoms with E-state index in [0.29, 0.717) is 28.1 Å².